The summed E-state index contributed by atoms with van der Waals surface area (Å²) >= 11 is -0.242. The van der Waals surface area contributed by atoms with Crippen LogP contribution < -0.4 is 37.0 Å². The number of thioether (sulfide) groups is 1. The minimum atomic E-state index is -1.91. The number of hydrogen-bond acceptors (Lipinski definition) is 18. The number of nitrogens with zero attached hydrogens (tertiary/aromatic N) is 4. The Hall–Kier alpha value is -5.66. The first kappa shape index (κ1) is 86.6. The zero-order valence-electron chi connectivity index (χ0n) is 61.5. The Kier molecular flexibility index (Phi) is 38.8. The topological polar surface area (TPSA) is 351 Å². The van der Waals surface area contributed by atoms with E-state index in [1.165, 1.54) is 19.1 Å². The lowest BCUT2D eigenvalue weighted by Crippen LogP contribution is -2.59. The lowest BCUT2D eigenvalue weighted by molar-refractivity contribution is -0.148. The smallest absolute Gasteiger partial charge is 0.312 e. The molecule has 8 N–H and O–H groups in total. The Labute approximate surface area is 590 Å². The standard InChI is InChI=1S/C69H119N11O16S2/c1-18-30-69(20-3,97-17)50-40-55(82)80(66(50)88)33-35-95-37-39-96-38-36-94-34-29-54(81)74-57(43(4)5)64(86)73-51(23-21-31-71-68(70)90)63(85)72-49-27-25-48(26-28-49)42-98(91)76-62(84)47(11)61(93-16)52-24-22-32-79(52)56(83)41-53(92-15)60(46(10)19-2)78(14)67(89)58(44(6)7)75-65(87)59(45(8)9)77(12)13/h25-28,43-47,50-53,57-61H,18-24,29-42H2,1-17H3,(H,72,85)(H,73,86)(H,74,81)(H,75,87)(H,76,84)(H3,70,71,90)/t46-,47+,50?,51-,52-,53+,57-,58-,59-,60-,61+,69?,98?/m0/s1. The van der Waals surface area contributed by atoms with Gasteiger partial charge in [0, 0.05) is 63.2 Å². The molecule has 0 aliphatic carbocycles. The van der Waals surface area contributed by atoms with Crippen LogP contribution in [0.1, 0.15) is 152 Å². The highest BCUT2D eigenvalue weighted by atomic mass is 32.2. The lowest BCUT2D eigenvalue weighted by atomic mass is 9.84. The Bertz CT molecular complexity index is 2680. The van der Waals surface area contributed by atoms with Gasteiger partial charge in [0.05, 0.1) is 106 Å². The molecule has 1 aromatic rings. The van der Waals surface area contributed by atoms with Crippen LogP contribution in [0.5, 0.6) is 0 Å². The molecule has 0 bridgehead atoms. The summed E-state index contributed by atoms with van der Waals surface area (Å²) in [5.74, 6) is -5.29. The molecule has 0 spiro atoms. The molecule has 0 aromatic heterocycles. The van der Waals surface area contributed by atoms with Crippen molar-refractivity contribution < 1.29 is 76.2 Å². The number of primary amides is 1. The van der Waals surface area contributed by atoms with Crippen LogP contribution in [0.25, 0.3) is 0 Å². The minimum Gasteiger partial charge on any atom is -0.593 e. The molecule has 2 aliphatic rings. The van der Waals surface area contributed by atoms with Gasteiger partial charge in [-0.2, -0.15) is 16.5 Å². The third kappa shape index (κ3) is 26.4. The summed E-state index contributed by atoms with van der Waals surface area (Å²) in [5.41, 5.74) is 6.16. The van der Waals surface area contributed by atoms with Crippen molar-refractivity contribution in [2.45, 2.75) is 206 Å². The highest BCUT2D eigenvalue weighted by Gasteiger charge is 2.50. The number of carbonyl (C=O) groups is 10. The average Bonchev–Trinajstić information content (AvgIpc) is 1.59. The van der Waals surface area contributed by atoms with Gasteiger partial charge in [0.25, 0.3) is 5.91 Å². The van der Waals surface area contributed by atoms with Crippen molar-refractivity contribution in [3.05, 3.63) is 29.8 Å². The van der Waals surface area contributed by atoms with E-state index in [0.717, 1.165) is 19.3 Å². The van der Waals surface area contributed by atoms with E-state index in [-0.39, 0.29) is 149 Å². The van der Waals surface area contributed by atoms with Gasteiger partial charge < -0.3 is 70.4 Å². The van der Waals surface area contributed by atoms with Crippen molar-refractivity contribution in [1.82, 2.24) is 45.6 Å². The zero-order valence-corrected chi connectivity index (χ0v) is 63.1. The summed E-state index contributed by atoms with van der Waals surface area (Å²) < 4.78 is 44.8. The number of ether oxygens (including phenoxy) is 5. The van der Waals surface area contributed by atoms with Crippen LogP contribution in [0.4, 0.5) is 10.5 Å². The average molecular weight is 1420 g/mol. The molecule has 3 unspecified atom stereocenters. The number of likely N-dealkylation sites (tertiary alicyclic amines) is 2. The quantitative estimate of drug-likeness (QED) is 0.0263. The van der Waals surface area contributed by atoms with Crippen LogP contribution in [0, 0.1) is 35.5 Å². The van der Waals surface area contributed by atoms with Gasteiger partial charge in [-0.05, 0) is 94.7 Å². The fourth-order valence-corrected chi connectivity index (χ4v) is 15.3. The van der Waals surface area contributed by atoms with Crippen LogP contribution in [0.3, 0.4) is 0 Å². The van der Waals surface area contributed by atoms with Gasteiger partial charge in [-0.15, -0.1) is 0 Å². The number of rotatable bonds is 47. The summed E-state index contributed by atoms with van der Waals surface area (Å²) in [6.07, 6.45) is 5.40. The molecule has 2 heterocycles. The highest BCUT2D eigenvalue weighted by Crippen LogP contribution is 2.44. The molecule has 3 rings (SSSR count). The van der Waals surface area contributed by atoms with Crippen LogP contribution in [0.15, 0.2) is 24.3 Å². The van der Waals surface area contributed by atoms with E-state index in [1.54, 1.807) is 73.6 Å². The van der Waals surface area contributed by atoms with Gasteiger partial charge in [0.15, 0.2) is 5.75 Å². The molecule has 2 aliphatic heterocycles. The summed E-state index contributed by atoms with van der Waals surface area (Å²) in [7, 11) is 8.34. The monoisotopic (exact) mass is 1420 g/mol. The number of likely N-dealkylation sites (N-methyl/N-ethyl adjacent to an activating group) is 2. The van der Waals surface area contributed by atoms with E-state index in [4.69, 9.17) is 29.4 Å². The number of carbonyl (C=O) groups excluding carboxylic acids is 10. The fraction of sp³-hybridized carbons (Fsp3) is 0.768. The van der Waals surface area contributed by atoms with Crippen LogP contribution >= 0.6 is 11.8 Å². The molecule has 13 atom stereocenters. The third-order valence-electron chi connectivity index (χ3n) is 18.8. The number of anilines is 1. The number of benzene rings is 1. The second-order valence-electron chi connectivity index (χ2n) is 27.0. The summed E-state index contributed by atoms with van der Waals surface area (Å²) in [4.78, 5) is 141. The number of hydrogen-bond donors (Lipinski definition) is 7. The van der Waals surface area contributed by atoms with Gasteiger partial charge in [0.2, 0.25) is 47.3 Å². The zero-order chi connectivity index (χ0) is 73.6. The molecule has 98 heavy (non-hydrogen) atoms. The number of amides is 11. The largest absolute Gasteiger partial charge is 0.593 e. The first-order chi connectivity index (χ1) is 46.4. The molecular weight excluding hydrogens is 1300 g/mol. The second kappa shape index (κ2) is 43.9. The lowest BCUT2D eigenvalue weighted by Gasteiger charge is -2.41. The maximum absolute atomic E-state index is 14.4. The first-order valence-electron chi connectivity index (χ1n) is 34.8. The van der Waals surface area contributed by atoms with E-state index >= 15 is 0 Å². The number of imide groups is 1. The SMILES string of the molecule is CCCC(CC)(SC)C1CC(=O)N(CCOCCOCCOCCC(=O)N[C@H](C(=O)N[C@@H](CCCNC(N)=O)C(=O)Nc2ccc(C[S+]([O-])NC(=O)[C@H](C)[C@@H](OC)[C@@H]3CCCN3C(=O)C[C@@H](OC)[C@H]([C@@H](C)CC)N(C)C(=O)[C@@H](NC(=O)[C@H](C(C)C)N(C)C)C(C)C)cc2)C(C)C)C1=O. The molecule has 0 saturated carbocycles. The molecule has 2 saturated heterocycles. The molecular formula is C69H119N11O16S2. The minimum absolute atomic E-state index is 0.00477. The van der Waals surface area contributed by atoms with Crippen molar-refractivity contribution in [3.8, 4) is 0 Å². The Morgan fingerprint density at radius 3 is 1.95 bits per heavy atom. The normalized spacial score (nSPS) is 18.7. The predicted molar refractivity (Wildman–Crippen MR) is 379 cm³/mol. The van der Waals surface area contributed by atoms with Crippen molar-refractivity contribution in [2.24, 2.45) is 41.2 Å². The van der Waals surface area contributed by atoms with Gasteiger partial charge in [0.1, 0.15) is 18.1 Å². The predicted octanol–water partition coefficient (Wildman–Crippen LogP) is 4.75. The highest BCUT2D eigenvalue weighted by molar-refractivity contribution is 8.00. The number of nitrogens with one attached hydrogen (secondary N) is 6. The van der Waals surface area contributed by atoms with Gasteiger partial charge >= 0.3 is 6.03 Å². The number of methoxy groups -OCH3 is 2. The van der Waals surface area contributed by atoms with Crippen molar-refractivity contribution >= 4 is 88.0 Å². The van der Waals surface area contributed by atoms with E-state index in [9.17, 15) is 52.5 Å². The number of nitrogens with two attached hydrogens (primary N) is 1. The summed E-state index contributed by atoms with van der Waals surface area (Å²) in [5, 5.41) is 13.8. The maximum atomic E-state index is 14.4. The molecule has 2 fully saturated rings. The summed E-state index contributed by atoms with van der Waals surface area (Å²) in [6, 6.07) is 1.20. The van der Waals surface area contributed by atoms with Crippen LogP contribution in [-0.4, -0.2) is 237 Å². The van der Waals surface area contributed by atoms with Crippen molar-refractivity contribution in [3.63, 3.8) is 0 Å². The second-order valence-corrected chi connectivity index (χ2v) is 29.4. The van der Waals surface area contributed by atoms with Crippen LogP contribution in [0.2, 0.25) is 0 Å². The molecule has 558 valence electrons. The summed E-state index contributed by atoms with van der Waals surface area (Å²) in [6.45, 7) is 22.8. The van der Waals surface area contributed by atoms with Crippen molar-refractivity contribution in [1.29, 1.82) is 0 Å². The number of urea groups is 1. The third-order valence-corrected chi connectivity index (χ3v) is 21.4. The Morgan fingerprint density at radius 1 is 0.786 bits per heavy atom. The Balaban J connectivity index is 1.55. The molecule has 1 aromatic carbocycles. The molecule has 0 radical (unpaired) electrons. The van der Waals surface area contributed by atoms with E-state index < -0.39 is 101 Å². The maximum Gasteiger partial charge on any atom is 0.312 e. The fourth-order valence-electron chi connectivity index (χ4n) is 13.1. The van der Waals surface area contributed by atoms with E-state index in [1.807, 2.05) is 66.8 Å². The van der Waals surface area contributed by atoms with E-state index in [0.29, 0.717) is 37.1 Å². The molecule has 27 nitrogen and oxygen atoms in total. The van der Waals surface area contributed by atoms with Crippen molar-refractivity contribution in [2.75, 3.05) is 106 Å². The molecule has 11 amide bonds. The Morgan fingerprint density at radius 2 is 1.41 bits per heavy atom. The first-order valence-corrected chi connectivity index (χ1v) is 37.4. The van der Waals surface area contributed by atoms with Gasteiger partial charge in [-0.25, -0.2) is 4.79 Å². The molecule has 29 heteroatoms. The van der Waals surface area contributed by atoms with Gasteiger partial charge in [-0.3, -0.25) is 53.0 Å². The van der Waals surface area contributed by atoms with E-state index in [2.05, 4.69) is 45.2 Å². The van der Waals surface area contributed by atoms with Crippen LogP contribution in [-0.2, 0) is 83.9 Å². The van der Waals surface area contributed by atoms with Gasteiger partial charge in [-0.1, -0.05) is 101 Å².